The molecule has 7 nitrogen and oxygen atoms in total. The Morgan fingerprint density at radius 2 is 1.72 bits per heavy atom. The number of rotatable bonds is 5. The summed E-state index contributed by atoms with van der Waals surface area (Å²) < 4.78 is 12.2. The number of fused-ring (bicyclic) bond motifs is 1. The van der Waals surface area contributed by atoms with Gasteiger partial charge in [-0.1, -0.05) is 35.9 Å². The summed E-state index contributed by atoms with van der Waals surface area (Å²) in [5, 5.41) is 5.06. The molecule has 0 bridgehead atoms. The summed E-state index contributed by atoms with van der Waals surface area (Å²) in [6.07, 6.45) is 2.11. The summed E-state index contributed by atoms with van der Waals surface area (Å²) in [6, 6.07) is 15.1. The van der Waals surface area contributed by atoms with Gasteiger partial charge in [0.25, 0.3) is 5.91 Å². The Bertz CT molecular complexity index is 988. The number of hydrogen-bond donors (Lipinski definition) is 0. The van der Waals surface area contributed by atoms with Crippen LogP contribution >= 0.6 is 11.6 Å². The van der Waals surface area contributed by atoms with Crippen molar-refractivity contribution in [3.05, 3.63) is 71.0 Å². The third kappa shape index (κ3) is 3.71. The first-order chi connectivity index (χ1) is 14.1. The number of hydrogen-bond acceptors (Lipinski definition) is 5. The molecule has 3 aromatic rings. The maximum Gasteiger partial charge on any atom is 0.255 e. The molecule has 2 aromatic carbocycles. The summed E-state index contributed by atoms with van der Waals surface area (Å²) in [6.45, 7) is -0.0375. The van der Waals surface area contributed by atoms with Crippen molar-refractivity contribution in [2.75, 3.05) is 25.7 Å². The number of benzene rings is 2. The van der Waals surface area contributed by atoms with Crippen molar-refractivity contribution in [2.24, 2.45) is 0 Å². The lowest BCUT2D eigenvalue weighted by Gasteiger charge is -2.39. The number of ether oxygens (including phenoxy) is 2. The minimum Gasteiger partial charge on any atom is -0.497 e. The Balaban J connectivity index is 1.79. The minimum absolute atomic E-state index is 0.0375. The number of nitrogens with zero attached hydrogens (tertiary/aromatic N) is 4. The van der Waals surface area contributed by atoms with Gasteiger partial charge in [0.05, 0.1) is 19.2 Å². The molecule has 0 aliphatic carbocycles. The first kappa shape index (κ1) is 19.4. The fourth-order valence-electron chi connectivity index (χ4n) is 3.74. The van der Waals surface area contributed by atoms with Crippen molar-refractivity contribution in [1.82, 2.24) is 14.8 Å². The molecule has 29 heavy (non-hydrogen) atoms. The van der Waals surface area contributed by atoms with Crippen LogP contribution in [0.25, 0.3) is 0 Å². The Hall–Kier alpha value is -2.90. The zero-order valence-corrected chi connectivity index (χ0v) is 16.9. The van der Waals surface area contributed by atoms with Crippen LogP contribution in [0.1, 0.15) is 29.6 Å². The number of carbonyl (C=O) groups is 1. The molecule has 8 heteroatoms. The Morgan fingerprint density at radius 1 is 1.07 bits per heavy atom. The van der Waals surface area contributed by atoms with Crippen LogP contribution in [0.15, 0.2) is 54.9 Å². The third-order valence-corrected chi connectivity index (χ3v) is 5.37. The molecule has 1 amide bonds. The quantitative estimate of drug-likeness (QED) is 0.639. The molecule has 0 spiro atoms. The lowest BCUT2D eigenvalue weighted by molar-refractivity contribution is -0.123. The van der Waals surface area contributed by atoms with E-state index in [0.29, 0.717) is 17.4 Å². The number of carbonyl (C=O) groups excluding carboxylic acids is 1. The van der Waals surface area contributed by atoms with Gasteiger partial charge in [-0.25, -0.2) is 4.68 Å². The van der Waals surface area contributed by atoms with E-state index >= 15 is 0 Å². The van der Waals surface area contributed by atoms with Gasteiger partial charge in [-0.15, -0.1) is 0 Å². The molecule has 4 rings (SSSR count). The van der Waals surface area contributed by atoms with Crippen molar-refractivity contribution >= 4 is 23.5 Å². The number of anilines is 1. The molecule has 150 valence electrons. The largest absolute Gasteiger partial charge is 0.497 e. The smallest absolute Gasteiger partial charge is 0.255 e. The Kier molecular flexibility index (Phi) is 5.51. The summed E-state index contributed by atoms with van der Waals surface area (Å²) >= 11 is 6.08. The average Bonchev–Trinajstić information content (AvgIpc) is 3.23. The topological polar surface area (TPSA) is 69.5 Å². The molecule has 0 N–H and O–H groups in total. The summed E-state index contributed by atoms with van der Waals surface area (Å²) in [5.74, 6) is 1.11. The van der Waals surface area contributed by atoms with Crippen molar-refractivity contribution in [3.8, 4) is 5.75 Å². The monoisotopic (exact) mass is 412 g/mol. The fourth-order valence-corrected chi connectivity index (χ4v) is 3.87. The van der Waals surface area contributed by atoms with Crippen LogP contribution in [0.3, 0.4) is 0 Å². The molecular formula is C21H21ClN4O3. The van der Waals surface area contributed by atoms with E-state index in [-0.39, 0.29) is 24.6 Å². The van der Waals surface area contributed by atoms with Gasteiger partial charge in [0.1, 0.15) is 18.7 Å². The molecule has 0 radical (unpaired) electrons. The molecule has 0 fully saturated rings. The standard InChI is InChI=1S/C21H21ClN4O3/c1-28-12-20(27)25-18(14-3-7-16(22)8-4-14)11-19(26-21(25)23-13-24-26)15-5-9-17(29-2)10-6-15/h3-10,13,18-19H,11-12H2,1-2H3/t18-,19-/m0/s1. The molecule has 1 aliphatic rings. The van der Waals surface area contributed by atoms with E-state index in [0.717, 1.165) is 16.9 Å². The van der Waals surface area contributed by atoms with Crippen molar-refractivity contribution < 1.29 is 14.3 Å². The zero-order chi connectivity index (χ0) is 20.4. The van der Waals surface area contributed by atoms with Crippen LogP contribution in [-0.2, 0) is 9.53 Å². The predicted molar refractivity (Wildman–Crippen MR) is 109 cm³/mol. The SMILES string of the molecule is COCC(=O)N1c2ncnn2[C@H](c2ccc(OC)cc2)C[C@H]1c1ccc(Cl)cc1. The maximum atomic E-state index is 12.9. The molecule has 0 unspecified atom stereocenters. The van der Waals surface area contributed by atoms with E-state index < -0.39 is 0 Å². The van der Waals surface area contributed by atoms with Crippen LogP contribution in [0.2, 0.25) is 5.02 Å². The van der Waals surface area contributed by atoms with Crippen molar-refractivity contribution in [2.45, 2.75) is 18.5 Å². The molecule has 1 aliphatic heterocycles. The number of halogens is 1. The van der Waals surface area contributed by atoms with Gasteiger partial charge >= 0.3 is 0 Å². The molecule has 0 saturated heterocycles. The van der Waals surface area contributed by atoms with E-state index in [4.69, 9.17) is 21.1 Å². The summed E-state index contributed by atoms with van der Waals surface area (Å²) in [5.41, 5.74) is 2.04. The summed E-state index contributed by atoms with van der Waals surface area (Å²) in [7, 11) is 3.14. The van der Waals surface area contributed by atoms with Crippen LogP contribution < -0.4 is 9.64 Å². The Morgan fingerprint density at radius 3 is 2.38 bits per heavy atom. The number of methoxy groups -OCH3 is 2. The second-order valence-electron chi connectivity index (χ2n) is 6.79. The lowest BCUT2D eigenvalue weighted by Crippen LogP contribution is -2.44. The highest BCUT2D eigenvalue weighted by Crippen LogP contribution is 2.42. The van der Waals surface area contributed by atoms with Gasteiger partial charge in [0, 0.05) is 12.1 Å². The van der Waals surface area contributed by atoms with E-state index in [1.165, 1.54) is 13.4 Å². The first-order valence-electron chi connectivity index (χ1n) is 9.22. The van der Waals surface area contributed by atoms with E-state index in [1.807, 2.05) is 48.5 Å². The van der Waals surface area contributed by atoms with Gasteiger partial charge in [0.15, 0.2) is 0 Å². The van der Waals surface area contributed by atoms with Gasteiger partial charge in [-0.3, -0.25) is 9.69 Å². The van der Waals surface area contributed by atoms with Crippen LogP contribution in [0, 0.1) is 0 Å². The molecule has 0 saturated carbocycles. The fraction of sp³-hybridized carbons (Fsp3) is 0.286. The molecular weight excluding hydrogens is 392 g/mol. The van der Waals surface area contributed by atoms with E-state index in [2.05, 4.69) is 10.1 Å². The average molecular weight is 413 g/mol. The third-order valence-electron chi connectivity index (χ3n) is 5.11. The summed E-state index contributed by atoms with van der Waals surface area (Å²) in [4.78, 5) is 19.0. The highest BCUT2D eigenvalue weighted by atomic mass is 35.5. The van der Waals surface area contributed by atoms with Gasteiger partial charge < -0.3 is 9.47 Å². The van der Waals surface area contributed by atoms with Crippen LogP contribution in [0.4, 0.5) is 5.95 Å². The van der Waals surface area contributed by atoms with Crippen molar-refractivity contribution in [3.63, 3.8) is 0 Å². The second kappa shape index (κ2) is 8.23. The van der Waals surface area contributed by atoms with Gasteiger partial charge in [0.2, 0.25) is 5.95 Å². The number of amides is 1. The normalized spacial score (nSPS) is 18.4. The molecule has 2 atom stereocenters. The first-order valence-corrected chi connectivity index (χ1v) is 9.60. The van der Waals surface area contributed by atoms with Crippen LogP contribution in [-0.4, -0.2) is 41.5 Å². The zero-order valence-electron chi connectivity index (χ0n) is 16.2. The maximum absolute atomic E-state index is 12.9. The van der Waals surface area contributed by atoms with E-state index in [9.17, 15) is 4.79 Å². The lowest BCUT2D eigenvalue weighted by atomic mass is 9.92. The highest BCUT2D eigenvalue weighted by Gasteiger charge is 2.39. The highest BCUT2D eigenvalue weighted by molar-refractivity contribution is 6.30. The van der Waals surface area contributed by atoms with Crippen molar-refractivity contribution in [1.29, 1.82) is 0 Å². The van der Waals surface area contributed by atoms with E-state index in [1.54, 1.807) is 16.7 Å². The van der Waals surface area contributed by atoms with Gasteiger partial charge in [-0.2, -0.15) is 10.1 Å². The molecule has 2 heterocycles. The Labute approximate surface area is 173 Å². The second-order valence-corrected chi connectivity index (χ2v) is 7.23. The van der Waals surface area contributed by atoms with Crippen LogP contribution in [0.5, 0.6) is 5.75 Å². The predicted octanol–water partition coefficient (Wildman–Crippen LogP) is 3.65. The number of aromatic nitrogens is 3. The van der Waals surface area contributed by atoms with Gasteiger partial charge in [-0.05, 0) is 41.8 Å². The minimum atomic E-state index is -0.223. The molecule has 1 aromatic heterocycles.